The van der Waals surface area contributed by atoms with Gasteiger partial charge in [-0.1, -0.05) is 26.0 Å². The van der Waals surface area contributed by atoms with E-state index in [-0.39, 0.29) is 7.33 Å². The Labute approximate surface area is 130 Å². The van der Waals surface area contributed by atoms with E-state index in [1.165, 1.54) is 5.56 Å². The van der Waals surface area contributed by atoms with E-state index in [0.29, 0.717) is 24.7 Å². The first-order valence-electron chi connectivity index (χ1n) is 7.60. The van der Waals surface area contributed by atoms with Crippen LogP contribution in [-0.2, 0) is 11.8 Å². The second-order valence-electron chi connectivity index (χ2n) is 5.75. The van der Waals surface area contributed by atoms with E-state index in [0.717, 1.165) is 17.3 Å². The Morgan fingerprint density at radius 2 is 2.18 bits per heavy atom. The van der Waals surface area contributed by atoms with E-state index in [4.69, 9.17) is 0 Å². The number of nitrogens with zero attached hydrogens (tertiary/aromatic N) is 3. The van der Waals surface area contributed by atoms with Crippen molar-refractivity contribution in [2.24, 2.45) is 7.05 Å². The van der Waals surface area contributed by atoms with Crippen LogP contribution in [0.25, 0.3) is 10.9 Å². The Balaban J connectivity index is 0.00000192. The molecule has 118 valence electrons. The number of rotatable bonds is 3. The molecule has 1 unspecified atom stereocenters. The van der Waals surface area contributed by atoms with Crippen LogP contribution in [0.15, 0.2) is 18.2 Å². The number of urea groups is 1. The first-order valence-corrected chi connectivity index (χ1v) is 7.60. The van der Waals surface area contributed by atoms with Crippen LogP contribution >= 0.6 is 0 Å². The third-order valence-electron chi connectivity index (χ3n) is 4.33. The second-order valence-corrected chi connectivity index (χ2v) is 5.75. The molecular weight excluding hydrogens is 280 g/mol. The van der Waals surface area contributed by atoms with E-state index >= 15 is 0 Å². The average Bonchev–Trinajstić information content (AvgIpc) is 2.84. The molecular formula is C16H22N4O2. The van der Waals surface area contributed by atoms with E-state index in [1.807, 2.05) is 23.9 Å². The van der Waals surface area contributed by atoms with E-state index < -0.39 is 6.03 Å². The summed E-state index contributed by atoms with van der Waals surface area (Å²) in [6.07, 6.45) is 1.34. The van der Waals surface area contributed by atoms with Gasteiger partial charge in [-0.15, -0.1) is 0 Å². The molecule has 6 heteroatoms. The molecule has 0 aliphatic carbocycles. The molecule has 1 aromatic carbocycles. The van der Waals surface area contributed by atoms with Crippen molar-refractivity contribution in [1.82, 2.24) is 15.1 Å². The summed E-state index contributed by atoms with van der Waals surface area (Å²) in [6, 6.07) is 5.70. The lowest BCUT2D eigenvalue weighted by molar-refractivity contribution is -0.120. The van der Waals surface area contributed by atoms with Crippen molar-refractivity contribution in [2.45, 2.75) is 32.6 Å². The summed E-state index contributed by atoms with van der Waals surface area (Å²) in [5, 5.41) is 7.83. The predicted octanol–water partition coefficient (Wildman–Crippen LogP) is 2.78. The van der Waals surface area contributed by atoms with Gasteiger partial charge in [-0.05, 0) is 24.0 Å². The number of carbonyl (C=O) groups excluding carboxylic acids is 2. The topological polar surface area (TPSA) is 67.2 Å². The molecule has 1 N–H and O–H groups in total. The number of nitrogens with one attached hydrogen (secondary N) is 1. The molecule has 22 heavy (non-hydrogen) atoms. The van der Waals surface area contributed by atoms with Crippen molar-refractivity contribution in [3.63, 3.8) is 0 Å². The van der Waals surface area contributed by atoms with Crippen molar-refractivity contribution in [3.8, 4) is 0 Å². The molecule has 1 aliphatic rings. The molecule has 0 spiro atoms. The molecule has 1 aliphatic heterocycles. The minimum Gasteiger partial charge on any atom is -0.278 e. The molecule has 0 bridgehead atoms. The van der Waals surface area contributed by atoms with Gasteiger partial charge in [0, 0.05) is 26.8 Å². The Kier molecular flexibility index (Phi) is 3.60. The summed E-state index contributed by atoms with van der Waals surface area (Å²) >= 11 is 0. The predicted molar refractivity (Wildman–Crippen MR) is 87.0 cm³/mol. The van der Waals surface area contributed by atoms with Crippen molar-refractivity contribution in [2.75, 3.05) is 11.4 Å². The number of carbonyl (C=O) groups is 2. The Morgan fingerprint density at radius 1 is 1.41 bits per heavy atom. The normalized spacial score (nSPS) is 17.0. The van der Waals surface area contributed by atoms with Gasteiger partial charge in [-0.2, -0.15) is 5.10 Å². The van der Waals surface area contributed by atoms with Crippen LogP contribution in [0.5, 0.6) is 0 Å². The molecule has 3 rings (SSSR count). The van der Waals surface area contributed by atoms with E-state index in [2.05, 4.69) is 30.3 Å². The summed E-state index contributed by atoms with van der Waals surface area (Å²) in [6.45, 7) is 4.71. The van der Waals surface area contributed by atoms with Gasteiger partial charge >= 0.3 is 6.03 Å². The average molecular weight is 302 g/mol. The SMILES string of the molecule is CCC(C)c1cccc2c(N3CCC(=O)NC3=O)nn(C)c12.[HH]. The van der Waals surface area contributed by atoms with Crippen LogP contribution in [0, 0.1) is 0 Å². The van der Waals surface area contributed by atoms with E-state index in [1.54, 1.807) is 4.90 Å². The zero-order chi connectivity index (χ0) is 15.9. The van der Waals surface area contributed by atoms with Crippen molar-refractivity contribution in [3.05, 3.63) is 23.8 Å². The summed E-state index contributed by atoms with van der Waals surface area (Å²) in [5.41, 5.74) is 2.28. The third-order valence-corrected chi connectivity index (χ3v) is 4.33. The van der Waals surface area contributed by atoms with E-state index in [9.17, 15) is 9.59 Å². The minimum atomic E-state index is -0.398. The molecule has 1 atom stereocenters. The highest BCUT2D eigenvalue weighted by molar-refractivity contribution is 6.09. The standard InChI is InChI=1S/C16H20N4O2.H2/c1-4-10(2)11-6-5-7-12-14(11)19(3)18-15(12)20-9-8-13(21)17-16(20)22;/h5-7,10H,4,8-9H2,1-3H3,(H,17,21,22);1H. The maximum absolute atomic E-state index is 12.1. The molecule has 0 radical (unpaired) electrons. The Hall–Kier alpha value is -2.37. The molecule has 3 amide bonds. The van der Waals surface area contributed by atoms with Crippen LogP contribution in [0.3, 0.4) is 0 Å². The molecule has 6 nitrogen and oxygen atoms in total. The zero-order valence-electron chi connectivity index (χ0n) is 13.1. The maximum atomic E-state index is 12.1. The summed E-state index contributed by atoms with van der Waals surface area (Å²) in [4.78, 5) is 24.9. The van der Waals surface area contributed by atoms with Gasteiger partial charge in [0.15, 0.2) is 5.82 Å². The number of aryl methyl sites for hydroxylation is 1. The third kappa shape index (κ3) is 2.24. The zero-order valence-corrected chi connectivity index (χ0v) is 13.1. The number of amides is 3. The first-order chi connectivity index (χ1) is 10.5. The highest BCUT2D eigenvalue weighted by Crippen LogP contribution is 2.33. The Bertz CT molecular complexity index is 756. The van der Waals surface area contributed by atoms with Gasteiger partial charge in [0.25, 0.3) is 0 Å². The molecule has 1 saturated heterocycles. The van der Waals surface area contributed by atoms with Gasteiger partial charge in [0.2, 0.25) is 5.91 Å². The number of para-hydroxylation sites is 1. The van der Waals surface area contributed by atoms with Gasteiger partial charge < -0.3 is 0 Å². The van der Waals surface area contributed by atoms with Gasteiger partial charge in [0.1, 0.15) is 0 Å². The van der Waals surface area contributed by atoms with Gasteiger partial charge in [-0.25, -0.2) is 4.79 Å². The molecule has 2 aromatic rings. The number of fused-ring (bicyclic) bond motifs is 1. The molecule has 0 saturated carbocycles. The summed E-state index contributed by atoms with van der Waals surface area (Å²) in [5.74, 6) is 0.804. The fraction of sp³-hybridized carbons (Fsp3) is 0.438. The number of aromatic nitrogens is 2. The lowest BCUT2D eigenvalue weighted by atomic mass is 9.96. The lowest BCUT2D eigenvalue weighted by Gasteiger charge is -2.24. The van der Waals surface area contributed by atoms with Crippen LogP contribution in [-0.4, -0.2) is 28.3 Å². The second kappa shape index (κ2) is 5.44. The fourth-order valence-corrected chi connectivity index (χ4v) is 2.93. The van der Waals surface area contributed by atoms with Crippen LogP contribution < -0.4 is 10.2 Å². The highest BCUT2D eigenvalue weighted by atomic mass is 16.2. The van der Waals surface area contributed by atoms with Crippen molar-refractivity contribution in [1.29, 1.82) is 0 Å². The summed E-state index contributed by atoms with van der Waals surface area (Å²) in [7, 11) is 1.89. The number of hydrogen-bond donors (Lipinski definition) is 1. The lowest BCUT2D eigenvalue weighted by Crippen LogP contribution is -2.49. The minimum absolute atomic E-state index is 0. The fourth-order valence-electron chi connectivity index (χ4n) is 2.93. The Morgan fingerprint density at radius 3 is 2.86 bits per heavy atom. The smallest absolute Gasteiger partial charge is 0.278 e. The number of anilines is 1. The van der Waals surface area contributed by atoms with Crippen molar-refractivity contribution < 1.29 is 11.0 Å². The van der Waals surface area contributed by atoms with Gasteiger partial charge in [-0.3, -0.25) is 19.7 Å². The summed E-state index contributed by atoms with van der Waals surface area (Å²) < 4.78 is 1.83. The number of imide groups is 1. The van der Waals surface area contributed by atoms with Gasteiger partial charge in [0.05, 0.1) is 5.52 Å². The number of benzene rings is 1. The molecule has 1 aromatic heterocycles. The van der Waals surface area contributed by atoms with Crippen LogP contribution in [0.4, 0.5) is 10.6 Å². The molecule has 1 fully saturated rings. The maximum Gasteiger partial charge on any atom is 0.329 e. The molecule has 2 heterocycles. The first kappa shape index (κ1) is 14.6. The quantitative estimate of drug-likeness (QED) is 0.948. The number of hydrogen-bond acceptors (Lipinski definition) is 3. The monoisotopic (exact) mass is 302 g/mol. The van der Waals surface area contributed by atoms with Crippen molar-refractivity contribution >= 4 is 28.7 Å². The van der Waals surface area contributed by atoms with Crippen LogP contribution in [0.1, 0.15) is 39.6 Å². The largest absolute Gasteiger partial charge is 0.329 e. The van der Waals surface area contributed by atoms with Crippen LogP contribution in [0.2, 0.25) is 0 Å². The highest BCUT2D eigenvalue weighted by Gasteiger charge is 2.28.